The number of sulfone groups is 1. The molecular weight excluding hydrogens is 316 g/mol. The average molecular weight is 331 g/mol. The van der Waals surface area contributed by atoms with Crippen LogP contribution in [0.1, 0.15) is 30.6 Å². The van der Waals surface area contributed by atoms with Crippen molar-refractivity contribution in [2.45, 2.75) is 24.8 Å². The van der Waals surface area contributed by atoms with E-state index in [0.29, 0.717) is 29.3 Å². The second-order valence-corrected chi connectivity index (χ2v) is 7.95. The Bertz CT molecular complexity index is 787. The lowest BCUT2D eigenvalue weighted by Gasteiger charge is -2.15. The van der Waals surface area contributed by atoms with E-state index >= 15 is 0 Å². The van der Waals surface area contributed by atoms with Crippen LogP contribution in [-0.2, 0) is 9.84 Å². The molecule has 1 aliphatic heterocycles. The number of ether oxygens (including phenoxy) is 1. The molecule has 2 aromatic heterocycles. The van der Waals surface area contributed by atoms with Crippen molar-refractivity contribution in [3.05, 3.63) is 12.2 Å². The molecule has 21 heavy (non-hydrogen) atoms. The van der Waals surface area contributed by atoms with Gasteiger partial charge < -0.3 is 9.30 Å². The SMILES string of the molecule is COc1ncnc2c1nc(C(C)Cl)n2C1CCS(=O)(=O)C1. The van der Waals surface area contributed by atoms with Crippen molar-refractivity contribution in [2.24, 2.45) is 0 Å². The van der Waals surface area contributed by atoms with Gasteiger partial charge in [-0.3, -0.25) is 0 Å². The van der Waals surface area contributed by atoms with Crippen molar-refractivity contribution >= 4 is 32.6 Å². The van der Waals surface area contributed by atoms with Gasteiger partial charge in [-0.05, 0) is 13.3 Å². The fraction of sp³-hybridized carbons (Fsp3) is 0.583. The zero-order valence-electron chi connectivity index (χ0n) is 11.7. The fourth-order valence-corrected chi connectivity index (χ4v) is 4.53. The van der Waals surface area contributed by atoms with Gasteiger partial charge in [-0.25, -0.2) is 18.4 Å². The average Bonchev–Trinajstić information content (AvgIpc) is 2.98. The van der Waals surface area contributed by atoms with Gasteiger partial charge >= 0.3 is 0 Å². The summed E-state index contributed by atoms with van der Waals surface area (Å²) in [4.78, 5) is 12.7. The van der Waals surface area contributed by atoms with Crippen LogP contribution in [0.3, 0.4) is 0 Å². The molecule has 0 spiro atoms. The minimum absolute atomic E-state index is 0.0847. The van der Waals surface area contributed by atoms with Crippen LogP contribution in [0.5, 0.6) is 5.88 Å². The number of alkyl halides is 1. The van der Waals surface area contributed by atoms with E-state index in [0.717, 1.165) is 0 Å². The van der Waals surface area contributed by atoms with Gasteiger partial charge in [-0.15, -0.1) is 11.6 Å². The second-order valence-electron chi connectivity index (χ2n) is 5.07. The third-order valence-electron chi connectivity index (χ3n) is 3.59. The van der Waals surface area contributed by atoms with Gasteiger partial charge in [0.25, 0.3) is 0 Å². The molecule has 0 aliphatic carbocycles. The summed E-state index contributed by atoms with van der Waals surface area (Å²) in [5.74, 6) is 1.21. The summed E-state index contributed by atoms with van der Waals surface area (Å²) in [7, 11) is -1.51. The number of rotatable bonds is 3. The number of nitrogens with zero attached hydrogens (tertiary/aromatic N) is 4. The summed E-state index contributed by atoms with van der Waals surface area (Å²) in [6.45, 7) is 1.79. The molecule has 3 heterocycles. The van der Waals surface area contributed by atoms with Crippen LogP contribution in [0.4, 0.5) is 0 Å². The minimum atomic E-state index is -3.01. The number of aromatic nitrogens is 4. The number of hydrogen-bond donors (Lipinski definition) is 0. The third-order valence-corrected chi connectivity index (χ3v) is 5.54. The molecule has 0 saturated carbocycles. The summed E-state index contributed by atoms with van der Waals surface area (Å²) < 4.78 is 30.5. The fourth-order valence-electron chi connectivity index (χ4n) is 2.67. The first-order valence-corrected chi connectivity index (χ1v) is 8.80. The van der Waals surface area contributed by atoms with E-state index in [1.165, 1.54) is 13.4 Å². The largest absolute Gasteiger partial charge is 0.479 e. The summed E-state index contributed by atoms with van der Waals surface area (Å²) in [5.41, 5.74) is 1.07. The number of fused-ring (bicyclic) bond motifs is 1. The number of halogens is 1. The first-order chi connectivity index (χ1) is 9.93. The molecule has 7 nitrogen and oxygen atoms in total. The number of hydrogen-bond acceptors (Lipinski definition) is 6. The third kappa shape index (κ3) is 2.46. The maximum atomic E-state index is 11.8. The molecule has 3 rings (SSSR count). The van der Waals surface area contributed by atoms with Crippen LogP contribution in [0.15, 0.2) is 6.33 Å². The van der Waals surface area contributed by atoms with Gasteiger partial charge in [0.1, 0.15) is 12.2 Å². The highest BCUT2D eigenvalue weighted by atomic mass is 35.5. The maximum Gasteiger partial charge on any atom is 0.245 e. The van der Waals surface area contributed by atoms with Gasteiger partial charge in [-0.1, -0.05) is 0 Å². The van der Waals surface area contributed by atoms with E-state index in [1.807, 2.05) is 4.57 Å². The Hall–Kier alpha value is -1.41. The first-order valence-electron chi connectivity index (χ1n) is 6.54. The normalized spacial score (nSPS) is 22.5. The van der Waals surface area contributed by atoms with Crippen molar-refractivity contribution in [3.63, 3.8) is 0 Å². The number of imidazole rings is 1. The Labute approximate surface area is 127 Å². The molecule has 1 aliphatic rings. The van der Waals surface area contributed by atoms with Crippen molar-refractivity contribution in [1.29, 1.82) is 0 Å². The highest BCUT2D eigenvalue weighted by molar-refractivity contribution is 7.91. The zero-order chi connectivity index (χ0) is 15.2. The molecule has 9 heteroatoms. The zero-order valence-corrected chi connectivity index (χ0v) is 13.2. The Morgan fingerprint density at radius 1 is 1.48 bits per heavy atom. The van der Waals surface area contributed by atoms with Gasteiger partial charge in [-0.2, -0.15) is 4.98 Å². The van der Waals surface area contributed by atoms with Crippen LogP contribution in [0, 0.1) is 0 Å². The molecule has 114 valence electrons. The monoisotopic (exact) mass is 330 g/mol. The lowest BCUT2D eigenvalue weighted by molar-refractivity contribution is 0.401. The van der Waals surface area contributed by atoms with Crippen molar-refractivity contribution in [2.75, 3.05) is 18.6 Å². The van der Waals surface area contributed by atoms with E-state index in [4.69, 9.17) is 16.3 Å². The minimum Gasteiger partial charge on any atom is -0.479 e. The van der Waals surface area contributed by atoms with Gasteiger partial charge in [0, 0.05) is 0 Å². The van der Waals surface area contributed by atoms with Crippen molar-refractivity contribution in [3.8, 4) is 5.88 Å². The molecule has 2 aromatic rings. The molecule has 1 fully saturated rings. The van der Waals surface area contributed by atoms with Gasteiger partial charge in [0.05, 0.1) is 30.0 Å². The lowest BCUT2D eigenvalue weighted by Crippen LogP contribution is -2.15. The molecule has 0 radical (unpaired) electrons. The lowest BCUT2D eigenvalue weighted by atomic mass is 10.2. The molecule has 0 amide bonds. The van der Waals surface area contributed by atoms with Crippen LogP contribution in [0.2, 0.25) is 0 Å². The maximum absolute atomic E-state index is 11.8. The van der Waals surface area contributed by atoms with E-state index < -0.39 is 9.84 Å². The van der Waals surface area contributed by atoms with Gasteiger partial charge in [0.2, 0.25) is 5.88 Å². The summed E-state index contributed by atoms with van der Waals surface area (Å²) in [5, 5.41) is -0.368. The van der Waals surface area contributed by atoms with E-state index in [1.54, 1.807) is 6.92 Å². The van der Waals surface area contributed by atoms with Crippen LogP contribution < -0.4 is 4.74 Å². The molecule has 0 N–H and O–H groups in total. The Morgan fingerprint density at radius 3 is 2.81 bits per heavy atom. The summed E-state index contributed by atoms with van der Waals surface area (Å²) in [6, 6.07) is -0.198. The molecule has 2 atom stereocenters. The van der Waals surface area contributed by atoms with E-state index in [2.05, 4.69) is 15.0 Å². The van der Waals surface area contributed by atoms with Crippen LogP contribution in [-0.4, -0.2) is 46.6 Å². The Balaban J connectivity index is 2.22. The summed E-state index contributed by atoms with van der Waals surface area (Å²) in [6.07, 6.45) is 1.92. The standard InChI is InChI=1S/C12H15ClN4O3S/c1-7(13)10-16-9-11(14-6-15-12(9)20-2)17(10)8-3-4-21(18,19)5-8/h6-8H,3-5H2,1-2H3. The topological polar surface area (TPSA) is 87.0 Å². The first kappa shape index (κ1) is 14.5. The van der Waals surface area contributed by atoms with E-state index in [-0.39, 0.29) is 22.9 Å². The van der Waals surface area contributed by atoms with Crippen molar-refractivity contribution in [1.82, 2.24) is 19.5 Å². The van der Waals surface area contributed by atoms with Crippen LogP contribution in [0.25, 0.3) is 11.2 Å². The highest BCUT2D eigenvalue weighted by Crippen LogP contribution is 2.34. The summed E-state index contributed by atoms with van der Waals surface area (Å²) >= 11 is 6.20. The Kier molecular flexibility index (Phi) is 3.53. The Morgan fingerprint density at radius 2 is 2.24 bits per heavy atom. The van der Waals surface area contributed by atoms with Crippen LogP contribution >= 0.6 is 11.6 Å². The molecule has 0 aromatic carbocycles. The van der Waals surface area contributed by atoms with Crippen molar-refractivity contribution < 1.29 is 13.2 Å². The smallest absolute Gasteiger partial charge is 0.245 e. The molecule has 1 saturated heterocycles. The number of methoxy groups -OCH3 is 1. The second kappa shape index (κ2) is 5.10. The molecule has 2 unspecified atom stereocenters. The molecule has 0 bridgehead atoms. The quantitative estimate of drug-likeness (QED) is 0.792. The predicted molar refractivity (Wildman–Crippen MR) is 78.5 cm³/mol. The highest BCUT2D eigenvalue weighted by Gasteiger charge is 2.33. The predicted octanol–water partition coefficient (Wildman–Crippen LogP) is 1.49. The van der Waals surface area contributed by atoms with E-state index in [9.17, 15) is 8.42 Å². The molecular formula is C12H15ClN4O3S. The van der Waals surface area contributed by atoms with Gasteiger partial charge in [0.15, 0.2) is 21.0 Å².